The second-order valence-electron chi connectivity index (χ2n) is 4.63. The van der Waals surface area contributed by atoms with Crippen molar-refractivity contribution in [2.75, 3.05) is 13.6 Å². The first-order chi connectivity index (χ1) is 10.1. The van der Waals surface area contributed by atoms with E-state index in [2.05, 4.69) is 5.32 Å². The van der Waals surface area contributed by atoms with Gasteiger partial charge in [-0.15, -0.1) is 0 Å². The second-order valence-corrected chi connectivity index (χ2v) is 4.63. The average Bonchev–Trinajstić information content (AvgIpc) is 2.51. The first-order valence-corrected chi connectivity index (χ1v) is 6.54. The van der Waals surface area contributed by atoms with Crippen molar-refractivity contribution in [1.82, 2.24) is 15.3 Å². The third-order valence-electron chi connectivity index (χ3n) is 3.23. The maximum Gasteiger partial charge on any atom is 0.408 e. The van der Waals surface area contributed by atoms with E-state index in [1.54, 1.807) is 0 Å². The fourth-order valence-electron chi connectivity index (χ4n) is 2.03. The zero-order valence-electron chi connectivity index (χ0n) is 11.7. The number of carbonyl (C=O) groups excluding carboxylic acids is 2. The van der Waals surface area contributed by atoms with Gasteiger partial charge in [0.1, 0.15) is 12.6 Å². The van der Waals surface area contributed by atoms with Crippen LogP contribution in [0.15, 0.2) is 30.3 Å². The van der Waals surface area contributed by atoms with Crippen LogP contribution < -0.4 is 5.32 Å². The fraction of sp³-hybridized carbons (Fsp3) is 0.357. The maximum atomic E-state index is 12.0. The number of hydrogen-bond donors (Lipinski definition) is 1. The van der Waals surface area contributed by atoms with E-state index in [1.165, 1.54) is 17.1 Å². The monoisotopic (exact) mass is 288 g/mol. The van der Waals surface area contributed by atoms with E-state index in [4.69, 9.17) is 10.00 Å². The Labute approximate surface area is 122 Å². The molecule has 0 bridgehead atoms. The summed E-state index contributed by atoms with van der Waals surface area (Å²) < 4.78 is 5.07. The van der Waals surface area contributed by atoms with Crippen molar-refractivity contribution in [3.05, 3.63) is 35.9 Å². The molecule has 2 amide bonds. The zero-order valence-corrected chi connectivity index (χ0v) is 11.7. The minimum Gasteiger partial charge on any atom is -0.445 e. The van der Waals surface area contributed by atoms with Crippen LogP contribution in [0.5, 0.6) is 0 Å². The van der Waals surface area contributed by atoms with Crippen molar-refractivity contribution in [3.63, 3.8) is 0 Å². The van der Waals surface area contributed by atoms with Gasteiger partial charge in [-0.05, 0) is 12.0 Å². The first kappa shape index (κ1) is 14.7. The van der Waals surface area contributed by atoms with Crippen molar-refractivity contribution in [2.45, 2.75) is 19.1 Å². The number of amides is 2. The summed E-state index contributed by atoms with van der Waals surface area (Å²) in [5.74, 6) is -0.334. The van der Waals surface area contributed by atoms with Gasteiger partial charge in [0.2, 0.25) is 0 Å². The summed E-state index contributed by atoms with van der Waals surface area (Å²) in [5.41, 5.74) is 0.871. The molecule has 1 aliphatic heterocycles. The van der Waals surface area contributed by atoms with E-state index in [0.717, 1.165) is 5.56 Å². The highest BCUT2D eigenvalue weighted by atomic mass is 16.5. The number of nitriles is 1. The van der Waals surface area contributed by atoms with Crippen molar-refractivity contribution in [2.24, 2.45) is 0 Å². The summed E-state index contributed by atoms with van der Waals surface area (Å²) in [6.07, 6.45) is 1.63. The van der Waals surface area contributed by atoms with Crippen molar-refractivity contribution in [1.29, 1.82) is 5.26 Å². The molecule has 7 nitrogen and oxygen atoms in total. The Morgan fingerprint density at radius 3 is 2.86 bits per heavy atom. The molecule has 1 atom stereocenters. The van der Waals surface area contributed by atoms with E-state index < -0.39 is 12.1 Å². The normalized spacial score (nSPS) is 18.1. The molecule has 1 aromatic rings. The lowest BCUT2D eigenvalue weighted by Gasteiger charge is -2.35. The first-order valence-electron chi connectivity index (χ1n) is 6.54. The Morgan fingerprint density at radius 1 is 1.48 bits per heavy atom. The molecule has 1 aliphatic rings. The van der Waals surface area contributed by atoms with Crippen LogP contribution in [0.1, 0.15) is 12.0 Å². The van der Waals surface area contributed by atoms with Crippen LogP contribution in [0.4, 0.5) is 4.79 Å². The average molecular weight is 288 g/mol. The number of hydrogen-bond acceptors (Lipinski definition) is 5. The van der Waals surface area contributed by atoms with E-state index in [-0.39, 0.29) is 12.5 Å². The summed E-state index contributed by atoms with van der Waals surface area (Å²) in [7, 11) is 1.49. The molecule has 1 saturated heterocycles. The fourth-order valence-corrected chi connectivity index (χ4v) is 2.03. The van der Waals surface area contributed by atoms with Crippen molar-refractivity contribution < 1.29 is 14.3 Å². The predicted molar refractivity (Wildman–Crippen MR) is 73.3 cm³/mol. The molecular formula is C14H16N4O3. The molecule has 0 aliphatic carbocycles. The standard InChI is InChI=1S/C14H16N4O3/c1-17-13(19)12(7-8-18(17)10-15)16-14(20)21-9-11-5-3-2-4-6-11/h2-6,12H,7-9H2,1H3,(H,16,20). The van der Waals surface area contributed by atoms with Gasteiger partial charge in [0, 0.05) is 7.05 Å². The number of nitrogens with zero attached hydrogens (tertiary/aromatic N) is 3. The molecule has 0 spiro atoms. The van der Waals surface area contributed by atoms with Gasteiger partial charge in [-0.2, -0.15) is 5.26 Å². The summed E-state index contributed by atoms with van der Waals surface area (Å²) in [5, 5.41) is 13.8. The summed E-state index contributed by atoms with van der Waals surface area (Å²) >= 11 is 0. The Hall–Kier alpha value is -2.75. The van der Waals surface area contributed by atoms with Gasteiger partial charge in [-0.1, -0.05) is 30.3 Å². The summed E-state index contributed by atoms with van der Waals surface area (Å²) in [6, 6.07) is 8.61. The molecule has 0 saturated carbocycles. The smallest absolute Gasteiger partial charge is 0.408 e. The Bertz CT molecular complexity index is 555. The number of rotatable bonds is 3. The van der Waals surface area contributed by atoms with Crippen LogP contribution in [0, 0.1) is 11.5 Å². The van der Waals surface area contributed by atoms with Crippen LogP contribution in [0.25, 0.3) is 0 Å². The molecule has 2 rings (SSSR count). The molecule has 1 N–H and O–H groups in total. The highest BCUT2D eigenvalue weighted by molar-refractivity contribution is 5.85. The Kier molecular flexibility index (Phi) is 4.61. The molecule has 1 aromatic carbocycles. The van der Waals surface area contributed by atoms with E-state index >= 15 is 0 Å². The Balaban J connectivity index is 1.83. The van der Waals surface area contributed by atoms with Gasteiger partial charge < -0.3 is 10.1 Å². The minimum atomic E-state index is -0.664. The molecule has 0 aromatic heterocycles. The number of carbonyl (C=O) groups is 2. The number of nitrogens with one attached hydrogen (secondary N) is 1. The Morgan fingerprint density at radius 2 is 2.19 bits per heavy atom. The summed E-state index contributed by atoms with van der Waals surface area (Å²) in [6.45, 7) is 0.524. The SMILES string of the molecule is CN1C(=O)C(NC(=O)OCc2ccccc2)CCN1C#N. The molecule has 110 valence electrons. The third-order valence-corrected chi connectivity index (χ3v) is 3.23. The zero-order chi connectivity index (χ0) is 15.2. The maximum absolute atomic E-state index is 12.0. The molecule has 0 radical (unpaired) electrons. The van der Waals surface area contributed by atoms with Crippen LogP contribution in [0.3, 0.4) is 0 Å². The number of hydrazine groups is 1. The molecule has 1 fully saturated rings. The second kappa shape index (κ2) is 6.61. The number of alkyl carbamates (subject to hydrolysis) is 1. The minimum absolute atomic E-state index is 0.147. The quantitative estimate of drug-likeness (QED) is 0.833. The molecular weight excluding hydrogens is 272 g/mol. The number of benzene rings is 1. The van der Waals surface area contributed by atoms with Gasteiger partial charge in [0.05, 0.1) is 6.54 Å². The predicted octanol–water partition coefficient (Wildman–Crippen LogP) is 0.842. The van der Waals surface area contributed by atoms with Gasteiger partial charge in [0.25, 0.3) is 5.91 Å². The van der Waals surface area contributed by atoms with Crippen LogP contribution in [0.2, 0.25) is 0 Å². The van der Waals surface area contributed by atoms with Crippen LogP contribution in [-0.4, -0.2) is 41.7 Å². The highest BCUT2D eigenvalue weighted by Crippen LogP contribution is 2.10. The van der Waals surface area contributed by atoms with E-state index in [9.17, 15) is 9.59 Å². The van der Waals surface area contributed by atoms with Crippen molar-refractivity contribution >= 4 is 12.0 Å². The van der Waals surface area contributed by atoms with Gasteiger partial charge in [-0.3, -0.25) is 4.79 Å². The topological polar surface area (TPSA) is 85.7 Å². The lowest BCUT2D eigenvalue weighted by Crippen LogP contribution is -2.57. The highest BCUT2D eigenvalue weighted by Gasteiger charge is 2.32. The van der Waals surface area contributed by atoms with Gasteiger partial charge >= 0.3 is 6.09 Å². The largest absolute Gasteiger partial charge is 0.445 e. The van der Waals surface area contributed by atoms with Crippen LogP contribution >= 0.6 is 0 Å². The number of likely N-dealkylation sites (N-methyl/N-ethyl adjacent to an activating group) is 1. The van der Waals surface area contributed by atoms with Gasteiger partial charge in [0.15, 0.2) is 6.19 Å². The molecule has 1 heterocycles. The van der Waals surface area contributed by atoms with Gasteiger partial charge in [-0.25, -0.2) is 14.8 Å². The molecule has 1 unspecified atom stereocenters. The molecule has 21 heavy (non-hydrogen) atoms. The lowest BCUT2D eigenvalue weighted by atomic mass is 10.1. The molecule has 7 heteroatoms. The van der Waals surface area contributed by atoms with E-state index in [1.807, 2.05) is 36.5 Å². The third kappa shape index (κ3) is 3.63. The van der Waals surface area contributed by atoms with E-state index in [0.29, 0.717) is 13.0 Å². The van der Waals surface area contributed by atoms with Crippen molar-refractivity contribution in [3.8, 4) is 6.19 Å². The van der Waals surface area contributed by atoms with Crippen LogP contribution in [-0.2, 0) is 16.1 Å². The summed E-state index contributed by atoms with van der Waals surface area (Å²) in [4.78, 5) is 23.7. The lowest BCUT2D eigenvalue weighted by molar-refractivity contribution is -0.148. The number of ether oxygens (including phenoxy) is 1.